The van der Waals surface area contributed by atoms with Gasteiger partial charge in [0.1, 0.15) is 11.9 Å². The number of nitrogens with one attached hydrogen (secondary N) is 1. The summed E-state index contributed by atoms with van der Waals surface area (Å²) in [5, 5.41) is 7.72. The van der Waals surface area contributed by atoms with Gasteiger partial charge in [-0.2, -0.15) is 5.10 Å². The Bertz CT molecular complexity index is 755. The first kappa shape index (κ1) is 17.1. The fourth-order valence-electron chi connectivity index (χ4n) is 3.71. The van der Waals surface area contributed by atoms with Crippen molar-refractivity contribution in [1.29, 1.82) is 0 Å². The summed E-state index contributed by atoms with van der Waals surface area (Å²) in [6.07, 6.45) is 9.67. The second-order valence-electron chi connectivity index (χ2n) is 6.95. The first-order valence-corrected chi connectivity index (χ1v) is 9.33. The van der Waals surface area contributed by atoms with Gasteiger partial charge in [-0.25, -0.2) is 4.98 Å². The van der Waals surface area contributed by atoms with Crippen LogP contribution < -0.4 is 5.32 Å². The SMILES string of the molecule is CN=C(NCc1cn2c(n1)CCCC2)N1CCOC(c2cnn(C)c2)C1. The van der Waals surface area contributed by atoms with Gasteiger partial charge in [-0.15, -0.1) is 0 Å². The molecule has 8 nitrogen and oxygen atoms in total. The summed E-state index contributed by atoms with van der Waals surface area (Å²) in [7, 11) is 3.75. The molecular weight excluding hydrogens is 330 g/mol. The zero-order valence-corrected chi connectivity index (χ0v) is 15.6. The minimum atomic E-state index is 0.0240. The predicted molar refractivity (Wildman–Crippen MR) is 98.8 cm³/mol. The molecule has 140 valence electrons. The maximum absolute atomic E-state index is 5.93. The van der Waals surface area contributed by atoms with Crippen molar-refractivity contribution < 1.29 is 4.74 Å². The van der Waals surface area contributed by atoms with Crippen LogP contribution in [0.2, 0.25) is 0 Å². The van der Waals surface area contributed by atoms with Crippen LogP contribution in [0.25, 0.3) is 0 Å². The fraction of sp³-hybridized carbons (Fsp3) is 0.611. The molecule has 2 aliphatic heterocycles. The molecule has 0 aliphatic carbocycles. The summed E-state index contributed by atoms with van der Waals surface area (Å²) >= 11 is 0. The van der Waals surface area contributed by atoms with E-state index in [2.05, 4.69) is 31.1 Å². The van der Waals surface area contributed by atoms with E-state index in [9.17, 15) is 0 Å². The van der Waals surface area contributed by atoms with E-state index >= 15 is 0 Å². The number of aryl methyl sites for hydroxylation is 3. The Morgan fingerprint density at radius 2 is 2.27 bits per heavy atom. The standard InChI is InChI=1S/C18H27N7O/c1-19-18(20-10-15-12-24-6-4-3-5-17(24)22-15)25-7-8-26-16(13-25)14-9-21-23(2)11-14/h9,11-12,16H,3-8,10,13H2,1-2H3,(H,19,20). The number of aliphatic imine (C=N–C) groups is 1. The zero-order valence-electron chi connectivity index (χ0n) is 15.6. The van der Waals surface area contributed by atoms with Crippen LogP contribution in [-0.2, 0) is 31.3 Å². The lowest BCUT2D eigenvalue weighted by Gasteiger charge is -2.34. The number of nitrogens with zero attached hydrogens (tertiary/aromatic N) is 6. The smallest absolute Gasteiger partial charge is 0.194 e. The molecular formula is C18H27N7O. The van der Waals surface area contributed by atoms with Crippen molar-refractivity contribution in [3.05, 3.63) is 35.7 Å². The number of guanidine groups is 1. The molecule has 0 bridgehead atoms. The Kier molecular flexibility index (Phi) is 4.92. The van der Waals surface area contributed by atoms with Gasteiger partial charge in [0.25, 0.3) is 0 Å². The number of hydrogen-bond acceptors (Lipinski definition) is 4. The highest BCUT2D eigenvalue weighted by atomic mass is 16.5. The second-order valence-corrected chi connectivity index (χ2v) is 6.95. The van der Waals surface area contributed by atoms with Crippen molar-refractivity contribution in [2.75, 3.05) is 26.7 Å². The van der Waals surface area contributed by atoms with Gasteiger partial charge < -0.3 is 19.5 Å². The van der Waals surface area contributed by atoms with Crippen LogP contribution in [0.3, 0.4) is 0 Å². The van der Waals surface area contributed by atoms with Crippen LogP contribution in [0.5, 0.6) is 0 Å². The molecule has 2 aromatic heterocycles. The van der Waals surface area contributed by atoms with Gasteiger partial charge in [0, 0.05) is 51.6 Å². The van der Waals surface area contributed by atoms with E-state index in [1.807, 2.05) is 31.2 Å². The minimum Gasteiger partial charge on any atom is -0.370 e. The van der Waals surface area contributed by atoms with Gasteiger partial charge >= 0.3 is 0 Å². The van der Waals surface area contributed by atoms with E-state index in [4.69, 9.17) is 9.72 Å². The molecule has 1 N–H and O–H groups in total. The number of rotatable bonds is 3. The molecule has 4 rings (SSSR count). The molecule has 0 spiro atoms. The van der Waals surface area contributed by atoms with E-state index in [1.54, 1.807) is 0 Å². The summed E-state index contributed by atoms with van der Waals surface area (Å²) in [5.74, 6) is 2.11. The topological polar surface area (TPSA) is 72.5 Å². The largest absolute Gasteiger partial charge is 0.370 e. The molecule has 8 heteroatoms. The third-order valence-electron chi connectivity index (χ3n) is 5.06. The summed E-state index contributed by atoms with van der Waals surface area (Å²) in [4.78, 5) is 11.5. The Labute approximate surface area is 153 Å². The minimum absolute atomic E-state index is 0.0240. The first-order chi connectivity index (χ1) is 12.7. The van der Waals surface area contributed by atoms with Gasteiger partial charge in [0.15, 0.2) is 5.96 Å². The molecule has 2 aliphatic rings. The number of fused-ring (bicyclic) bond motifs is 1. The van der Waals surface area contributed by atoms with Gasteiger partial charge in [-0.05, 0) is 12.8 Å². The predicted octanol–water partition coefficient (Wildman–Crippen LogP) is 1.10. The summed E-state index contributed by atoms with van der Waals surface area (Å²) < 4.78 is 10.0. The molecule has 2 aromatic rings. The number of morpholine rings is 1. The highest BCUT2D eigenvalue weighted by molar-refractivity contribution is 5.80. The molecule has 1 saturated heterocycles. The van der Waals surface area contributed by atoms with E-state index in [0.717, 1.165) is 43.3 Å². The molecule has 4 heterocycles. The Morgan fingerprint density at radius 3 is 3.04 bits per heavy atom. The molecule has 0 saturated carbocycles. The molecule has 1 fully saturated rings. The normalized spacial score (nSPS) is 20.9. The van der Waals surface area contributed by atoms with Crippen LogP contribution in [0.4, 0.5) is 0 Å². The van der Waals surface area contributed by atoms with Crippen LogP contribution in [-0.4, -0.2) is 56.9 Å². The number of hydrogen-bond donors (Lipinski definition) is 1. The molecule has 0 aromatic carbocycles. The van der Waals surface area contributed by atoms with Crippen LogP contribution in [0.1, 0.15) is 36.0 Å². The lowest BCUT2D eigenvalue weighted by atomic mass is 10.1. The van der Waals surface area contributed by atoms with Gasteiger partial charge in [-0.1, -0.05) is 0 Å². The molecule has 1 atom stereocenters. The number of ether oxygens (including phenoxy) is 1. The second kappa shape index (κ2) is 7.49. The Balaban J connectivity index is 1.38. The lowest BCUT2D eigenvalue weighted by molar-refractivity contribution is -0.00805. The van der Waals surface area contributed by atoms with Gasteiger partial charge in [-0.3, -0.25) is 9.67 Å². The maximum atomic E-state index is 5.93. The summed E-state index contributed by atoms with van der Waals surface area (Å²) in [6.45, 7) is 4.06. The molecule has 0 radical (unpaired) electrons. The average Bonchev–Trinajstić information content (AvgIpc) is 3.28. The van der Waals surface area contributed by atoms with Crippen molar-refractivity contribution in [3.8, 4) is 0 Å². The number of imidazole rings is 1. The molecule has 1 unspecified atom stereocenters. The fourth-order valence-corrected chi connectivity index (χ4v) is 3.71. The Hall–Kier alpha value is -2.35. The average molecular weight is 357 g/mol. The lowest BCUT2D eigenvalue weighted by Crippen LogP contribution is -2.47. The molecule has 26 heavy (non-hydrogen) atoms. The highest BCUT2D eigenvalue weighted by Gasteiger charge is 2.25. The highest BCUT2D eigenvalue weighted by Crippen LogP contribution is 2.21. The third kappa shape index (κ3) is 3.60. The summed E-state index contributed by atoms with van der Waals surface area (Å²) in [5.41, 5.74) is 2.19. The quantitative estimate of drug-likeness (QED) is 0.658. The maximum Gasteiger partial charge on any atom is 0.194 e. The van der Waals surface area contributed by atoms with Crippen LogP contribution in [0.15, 0.2) is 23.6 Å². The van der Waals surface area contributed by atoms with Crippen molar-refractivity contribution in [1.82, 2.24) is 29.5 Å². The van der Waals surface area contributed by atoms with Crippen molar-refractivity contribution >= 4 is 5.96 Å². The Morgan fingerprint density at radius 1 is 1.35 bits per heavy atom. The van der Waals surface area contributed by atoms with Crippen LogP contribution in [0, 0.1) is 0 Å². The van der Waals surface area contributed by atoms with E-state index in [-0.39, 0.29) is 6.10 Å². The third-order valence-corrected chi connectivity index (χ3v) is 5.06. The zero-order chi connectivity index (χ0) is 17.9. The van der Waals surface area contributed by atoms with Crippen molar-refractivity contribution in [2.45, 2.75) is 38.5 Å². The summed E-state index contributed by atoms with van der Waals surface area (Å²) in [6, 6.07) is 0. The van der Waals surface area contributed by atoms with Gasteiger partial charge in [0.05, 0.1) is 31.6 Å². The van der Waals surface area contributed by atoms with E-state index in [1.165, 1.54) is 18.7 Å². The van der Waals surface area contributed by atoms with E-state index < -0.39 is 0 Å². The van der Waals surface area contributed by atoms with E-state index in [0.29, 0.717) is 13.2 Å². The van der Waals surface area contributed by atoms with Crippen molar-refractivity contribution in [2.24, 2.45) is 12.0 Å². The molecule has 0 amide bonds. The van der Waals surface area contributed by atoms with Crippen LogP contribution >= 0.6 is 0 Å². The first-order valence-electron chi connectivity index (χ1n) is 9.33. The number of aromatic nitrogens is 4. The van der Waals surface area contributed by atoms with Gasteiger partial charge in [0.2, 0.25) is 0 Å². The van der Waals surface area contributed by atoms with Crippen molar-refractivity contribution in [3.63, 3.8) is 0 Å². The monoisotopic (exact) mass is 357 g/mol.